The predicted molar refractivity (Wildman–Crippen MR) is 150 cm³/mol. The van der Waals surface area contributed by atoms with Gasteiger partial charge in [-0.1, -0.05) is 12.1 Å². The van der Waals surface area contributed by atoms with Crippen molar-refractivity contribution < 1.29 is 23.5 Å². The number of aryl methyl sites for hydroxylation is 1. The number of carbonyl (C=O) groups excluding carboxylic acids is 2. The fourth-order valence-corrected chi connectivity index (χ4v) is 5.04. The molecule has 0 spiro atoms. The Balaban J connectivity index is 1.37. The van der Waals surface area contributed by atoms with Crippen molar-refractivity contribution in [2.24, 2.45) is 5.73 Å². The first-order valence-corrected chi connectivity index (χ1v) is 13.0. The fraction of sp³-hybridized carbons (Fsp3) is 0.156. The van der Waals surface area contributed by atoms with E-state index < -0.39 is 11.7 Å². The van der Waals surface area contributed by atoms with E-state index in [1.807, 2.05) is 25.1 Å². The van der Waals surface area contributed by atoms with Crippen molar-refractivity contribution in [2.75, 3.05) is 4.90 Å². The average Bonchev–Trinajstić information content (AvgIpc) is 3.69. The molecule has 0 radical (unpaired) electrons. The van der Waals surface area contributed by atoms with Crippen LogP contribution in [0.4, 0.5) is 10.2 Å². The maximum atomic E-state index is 13.7. The minimum absolute atomic E-state index is 0.0533. The van der Waals surface area contributed by atoms with Gasteiger partial charge >= 0.3 is 0 Å². The molecule has 0 unspecified atom stereocenters. The third-order valence-corrected chi connectivity index (χ3v) is 7.21. The van der Waals surface area contributed by atoms with Crippen LogP contribution in [0.5, 0.6) is 5.75 Å². The quantitative estimate of drug-likeness (QED) is 0.260. The number of nitrogens with two attached hydrogens (primary N) is 1. The number of anilines is 1. The first-order valence-electron chi connectivity index (χ1n) is 13.0. The topological polar surface area (TPSA) is 110 Å². The van der Waals surface area contributed by atoms with Gasteiger partial charge in [-0.05, 0) is 104 Å². The molecule has 1 aliphatic carbocycles. The van der Waals surface area contributed by atoms with E-state index in [0.717, 1.165) is 29.5 Å². The van der Waals surface area contributed by atoms with Crippen LogP contribution in [-0.4, -0.2) is 27.9 Å². The number of aromatic nitrogens is 1. The van der Waals surface area contributed by atoms with Gasteiger partial charge in [-0.25, -0.2) is 9.37 Å². The van der Waals surface area contributed by atoms with Gasteiger partial charge in [0.2, 0.25) is 0 Å². The van der Waals surface area contributed by atoms with E-state index in [4.69, 9.17) is 10.2 Å². The summed E-state index contributed by atoms with van der Waals surface area (Å²) in [6, 6.07) is 19.9. The second-order valence-electron chi connectivity index (χ2n) is 10.1. The molecule has 40 heavy (non-hydrogen) atoms. The Labute approximate surface area is 229 Å². The molecule has 5 aromatic rings. The molecule has 1 aliphatic rings. The van der Waals surface area contributed by atoms with Gasteiger partial charge < -0.3 is 15.3 Å². The number of halogens is 1. The summed E-state index contributed by atoms with van der Waals surface area (Å²) in [5, 5.41) is 11.3. The van der Waals surface area contributed by atoms with Gasteiger partial charge in [-0.2, -0.15) is 0 Å². The van der Waals surface area contributed by atoms with Crippen LogP contribution in [0.25, 0.3) is 22.3 Å². The molecule has 2 aromatic heterocycles. The first kappa shape index (κ1) is 25.3. The SMILES string of the molecule is Cc1cc(O)c(C(=O)N(c2ccccn2)C2CC2)cc1Cc1ccc2oc(-c3ccc(F)cc3)c(C(N)=O)c2c1. The molecule has 200 valence electrons. The van der Waals surface area contributed by atoms with Gasteiger partial charge in [0.25, 0.3) is 11.8 Å². The summed E-state index contributed by atoms with van der Waals surface area (Å²) in [6.07, 6.45) is 3.85. The van der Waals surface area contributed by atoms with Crippen LogP contribution in [0.1, 0.15) is 50.2 Å². The van der Waals surface area contributed by atoms with Crippen molar-refractivity contribution in [3.05, 3.63) is 113 Å². The molecule has 8 heteroatoms. The van der Waals surface area contributed by atoms with Crippen molar-refractivity contribution in [1.29, 1.82) is 0 Å². The number of rotatable bonds is 7. The van der Waals surface area contributed by atoms with Crippen LogP contribution in [-0.2, 0) is 6.42 Å². The van der Waals surface area contributed by atoms with Crippen LogP contribution in [0, 0.1) is 12.7 Å². The molecular weight excluding hydrogens is 509 g/mol. The Morgan fingerprint density at radius 2 is 1.85 bits per heavy atom. The van der Waals surface area contributed by atoms with Crippen molar-refractivity contribution >= 4 is 28.6 Å². The van der Waals surface area contributed by atoms with Crippen molar-refractivity contribution in [3.63, 3.8) is 0 Å². The van der Waals surface area contributed by atoms with Crippen molar-refractivity contribution in [3.8, 4) is 17.1 Å². The molecule has 0 saturated heterocycles. The third-order valence-electron chi connectivity index (χ3n) is 7.21. The number of hydrogen-bond donors (Lipinski definition) is 2. The van der Waals surface area contributed by atoms with Crippen LogP contribution in [0.3, 0.4) is 0 Å². The van der Waals surface area contributed by atoms with Gasteiger partial charge in [0.15, 0.2) is 0 Å². The van der Waals surface area contributed by atoms with Crippen LogP contribution in [0.15, 0.2) is 83.4 Å². The molecule has 0 bridgehead atoms. The molecule has 0 atom stereocenters. The molecule has 2 amide bonds. The molecular formula is C32H26FN3O4. The smallest absolute Gasteiger partial charge is 0.263 e. The maximum absolute atomic E-state index is 13.7. The largest absolute Gasteiger partial charge is 0.507 e. The number of furan rings is 1. The van der Waals surface area contributed by atoms with Crippen LogP contribution >= 0.6 is 0 Å². The van der Waals surface area contributed by atoms with E-state index in [9.17, 15) is 19.1 Å². The van der Waals surface area contributed by atoms with Gasteiger partial charge in [0.1, 0.15) is 28.7 Å². The summed E-state index contributed by atoms with van der Waals surface area (Å²) in [6.45, 7) is 1.87. The average molecular weight is 536 g/mol. The van der Waals surface area contributed by atoms with E-state index in [0.29, 0.717) is 28.8 Å². The van der Waals surface area contributed by atoms with Gasteiger partial charge in [0.05, 0.1) is 11.1 Å². The molecule has 2 heterocycles. The number of benzene rings is 3. The number of phenols is 1. The number of pyridine rings is 1. The van der Waals surface area contributed by atoms with E-state index in [2.05, 4.69) is 4.98 Å². The first-order chi connectivity index (χ1) is 19.3. The number of nitrogens with zero attached hydrogens (tertiary/aromatic N) is 2. The monoisotopic (exact) mass is 535 g/mol. The molecule has 3 aromatic carbocycles. The lowest BCUT2D eigenvalue weighted by molar-refractivity contribution is 0.0978. The summed E-state index contributed by atoms with van der Waals surface area (Å²) in [5.41, 5.74) is 9.72. The standard InChI is InChI=1S/C32H26FN3O4/c1-18-14-26(37)24(32(39)36(23-10-11-23)28-4-2-3-13-35-28)17-21(18)15-19-5-12-27-25(16-19)29(31(34)38)30(40-27)20-6-8-22(33)9-7-20/h2-9,12-14,16-17,23,37H,10-11,15H2,1H3,(H2,34,38). The summed E-state index contributed by atoms with van der Waals surface area (Å²) in [7, 11) is 0. The zero-order valence-corrected chi connectivity index (χ0v) is 21.7. The summed E-state index contributed by atoms with van der Waals surface area (Å²) >= 11 is 0. The molecule has 1 fully saturated rings. The normalized spacial score (nSPS) is 12.9. The third kappa shape index (κ3) is 4.68. The number of carbonyl (C=O) groups is 2. The molecule has 6 rings (SSSR count). The highest BCUT2D eigenvalue weighted by Gasteiger charge is 2.36. The Morgan fingerprint density at radius 1 is 1.07 bits per heavy atom. The molecule has 3 N–H and O–H groups in total. The highest BCUT2D eigenvalue weighted by Crippen LogP contribution is 2.36. The number of hydrogen-bond acceptors (Lipinski definition) is 5. The summed E-state index contributed by atoms with van der Waals surface area (Å²) in [4.78, 5) is 32.1. The van der Waals surface area contributed by atoms with Crippen LogP contribution in [0.2, 0.25) is 0 Å². The number of phenolic OH excluding ortho intramolecular Hbond substituents is 1. The Bertz CT molecular complexity index is 1760. The number of primary amides is 1. The van der Waals surface area contributed by atoms with E-state index in [-0.39, 0.29) is 34.6 Å². The van der Waals surface area contributed by atoms with E-state index >= 15 is 0 Å². The molecule has 7 nitrogen and oxygen atoms in total. The number of amides is 2. The Hall–Kier alpha value is -4.98. The lowest BCUT2D eigenvalue weighted by atomic mass is 9.95. The molecule has 1 saturated carbocycles. The second-order valence-corrected chi connectivity index (χ2v) is 10.1. The highest BCUT2D eigenvalue weighted by atomic mass is 19.1. The summed E-state index contributed by atoms with van der Waals surface area (Å²) in [5.74, 6) is -0.604. The number of aromatic hydroxyl groups is 1. The Kier molecular flexibility index (Phi) is 6.30. The lowest BCUT2D eigenvalue weighted by Gasteiger charge is -2.22. The zero-order chi connectivity index (χ0) is 28.0. The van der Waals surface area contributed by atoms with Crippen molar-refractivity contribution in [1.82, 2.24) is 4.98 Å². The van der Waals surface area contributed by atoms with Crippen molar-refractivity contribution in [2.45, 2.75) is 32.2 Å². The second kappa shape index (κ2) is 9.96. The van der Waals surface area contributed by atoms with Gasteiger partial charge in [0, 0.05) is 23.2 Å². The highest BCUT2D eigenvalue weighted by molar-refractivity contribution is 6.11. The maximum Gasteiger partial charge on any atom is 0.263 e. The zero-order valence-electron chi connectivity index (χ0n) is 21.7. The van der Waals surface area contributed by atoms with E-state index in [1.165, 1.54) is 24.3 Å². The lowest BCUT2D eigenvalue weighted by Crippen LogP contribution is -2.33. The summed E-state index contributed by atoms with van der Waals surface area (Å²) < 4.78 is 19.4. The van der Waals surface area contributed by atoms with E-state index in [1.54, 1.807) is 41.4 Å². The fourth-order valence-electron chi connectivity index (χ4n) is 5.04. The Morgan fingerprint density at radius 3 is 2.52 bits per heavy atom. The minimum Gasteiger partial charge on any atom is -0.507 e. The van der Waals surface area contributed by atoms with Crippen LogP contribution < -0.4 is 10.6 Å². The predicted octanol–water partition coefficient (Wildman–Crippen LogP) is 6.15. The van der Waals surface area contributed by atoms with Gasteiger partial charge in [-0.15, -0.1) is 0 Å². The molecule has 0 aliphatic heterocycles. The minimum atomic E-state index is -0.654. The van der Waals surface area contributed by atoms with Gasteiger partial charge in [-0.3, -0.25) is 14.5 Å². The number of fused-ring (bicyclic) bond motifs is 1.